The van der Waals surface area contributed by atoms with Crippen LogP contribution in [0, 0.1) is 0 Å². The van der Waals surface area contributed by atoms with Crippen molar-refractivity contribution in [1.82, 2.24) is 4.98 Å². The van der Waals surface area contributed by atoms with E-state index in [1.54, 1.807) is 11.8 Å². The fraction of sp³-hybridized carbons (Fsp3) is 0.238. The van der Waals surface area contributed by atoms with Gasteiger partial charge in [-0.25, -0.2) is 0 Å². The Morgan fingerprint density at radius 1 is 0.885 bits per heavy atom. The molecular weight excluding hydrogens is 344 g/mol. The fourth-order valence-electron chi connectivity index (χ4n) is 2.67. The van der Waals surface area contributed by atoms with Crippen molar-refractivity contribution in [2.75, 3.05) is 13.2 Å². The van der Waals surface area contributed by atoms with Gasteiger partial charge in [0.25, 0.3) is 0 Å². The van der Waals surface area contributed by atoms with Gasteiger partial charge in [-0.1, -0.05) is 36.0 Å². The van der Waals surface area contributed by atoms with Crippen LogP contribution < -0.4 is 5.73 Å². The summed E-state index contributed by atoms with van der Waals surface area (Å²) in [6.45, 7) is -0.425. The second-order valence-corrected chi connectivity index (χ2v) is 7.68. The zero-order valence-corrected chi connectivity index (χ0v) is 15.4. The third kappa shape index (κ3) is 4.77. The molecule has 2 aromatic carbocycles. The molecule has 5 N–H and O–H groups in total. The van der Waals surface area contributed by atoms with E-state index in [9.17, 15) is 10.2 Å². The molecule has 0 atom stereocenters. The predicted molar refractivity (Wildman–Crippen MR) is 106 cm³/mol. The summed E-state index contributed by atoms with van der Waals surface area (Å²) in [5, 5.41) is 18.5. The van der Waals surface area contributed by atoms with Gasteiger partial charge in [0, 0.05) is 21.7 Å². The lowest BCUT2D eigenvalue weighted by atomic mass is 9.94. The molecule has 3 aromatic rings. The normalized spacial score (nSPS) is 11.7. The Morgan fingerprint density at radius 2 is 1.50 bits per heavy atom. The van der Waals surface area contributed by atoms with Crippen molar-refractivity contribution in [2.45, 2.75) is 28.2 Å². The predicted octanol–water partition coefficient (Wildman–Crippen LogP) is 3.45. The van der Waals surface area contributed by atoms with Gasteiger partial charge in [-0.3, -0.25) is 0 Å². The van der Waals surface area contributed by atoms with Crippen molar-refractivity contribution >= 4 is 11.8 Å². The van der Waals surface area contributed by atoms with Gasteiger partial charge in [0.15, 0.2) is 0 Å². The maximum absolute atomic E-state index is 9.26. The molecule has 0 saturated carbocycles. The lowest BCUT2D eigenvalue weighted by molar-refractivity contribution is 0.115. The highest BCUT2D eigenvalue weighted by molar-refractivity contribution is 7.99. The molecule has 4 nitrogen and oxygen atoms in total. The van der Waals surface area contributed by atoms with Crippen molar-refractivity contribution in [1.29, 1.82) is 0 Å². The van der Waals surface area contributed by atoms with Crippen LogP contribution in [-0.4, -0.2) is 33.9 Å². The van der Waals surface area contributed by atoms with Gasteiger partial charge in [0.1, 0.15) is 0 Å². The number of nitrogens with one attached hydrogen (secondary N) is 1. The highest BCUT2D eigenvalue weighted by Gasteiger charge is 2.22. The summed E-state index contributed by atoms with van der Waals surface area (Å²) in [6, 6.07) is 20.9. The first-order chi connectivity index (χ1) is 12.6. The molecule has 0 unspecified atom stereocenters. The summed E-state index contributed by atoms with van der Waals surface area (Å²) in [7, 11) is 0. The average molecular weight is 369 g/mol. The van der Waals surface area contributed by atoms with Crippen molar-refractivity contribution < 1.29 is 10.2 Å². The minimum Gasteiger partial charge on any atom is -0.394 e. The lowest BCUT2D eigenvalue weighted by Gasteiger charge is -2.24. The molecular formula is C21H24N2O2S. The van der Waals surface area contributed by atoms with Crippen LogP contribution in [0.15, 0.2) is 76.7 Å². The van der Waals surface area contributed by atoms with E-state index >= 15 is 0 Å². The third-order valence-corrected chi connectivity index (χ3v) is 5.48. The summed E-state index contributed by atoms with van der Waals surface area (Å²) in [4.78, 5) is 5.57. The van der Waals surface area contributed by atoms with Crippen LogP contribution in [0.25, 0.3) is 11.3 Å². The maximum Gasteiger partial charge on any atom is 0.0633 e. The van der Waals surface area contributed by atoms with Crippen LogP contribution >= 0.6 is 11.8 Å². The third-order valence-electron chi connectivity index (χ3n) is 4.46. The topological polar surface area (TPSA) is 82.3 Å². The van der Waals surface area contributed by atoms with E-state index in [1.807, 2.05) is 12.3 Å². The van der Waals surface area contributed by atoms with Crippen molar-refractivity contribution in [2.24, 2.45) is 5.73 Å². The summed E-state index contributed by atoms with van der Waals surface area (Å²) < 4.78 is 0. The van der Waals surface area contributed by atoms with E-state index in [-0.39, 0.29) is 13.2 Å². The van der Waals surface area contributed by atoms with Gasteiger partial charge in [-0.15, -0.1) is 0 Å². The number of H-pyrrole nitrogens is 1. The average Bonchev–Trinajstić information content (AvgIpc) is 3.23. The Hall–Kier alpha value is -2.05. The molecule has 136 valence electrons. The molecule has 26 heavy (non-hydrogen) atoms. The van der Waals surface area contributed by atoms with Crippen molar-refractivity contribution in [3.63, 3.8) is 0 Å². The van der Waals surface area contributed by atoms with E-state index in [0.717, 1.165) is 17.7 Å². The molecule has 0 amide bonds. The van der Waals surface area contributed by atoms with Gasteiger partial charge < -0.3 is 20.9 Å². The molecule has 0 bridgehead atoms. The second kappa shape index (κ2) is 8.56. The molecule has 0 radical (unpaired) electrons. The van der Waals surface area contributed by atoms with Crippen LogP contribution in [0.4, 0.5) is 0 Å². The van der Waals surface area contributed by atoms with Crippen molar-refractivity contribution in [3.05, 3.63) is 72.4 Å². The zero-order chi connectivity index (χ0) is 18.4. The van der Waals surface area contributed by atoms with Crippen LogP contribution in [-0.2, 0) is 6.42 Å². The highest BCUT2D eigenvalue weighted by atomic mass is 32.2. The van der Waals surface area contributed by atoms with Crippen LogP contribution in [0.2, 0.25) is 0 Å². The number of rotatable bonds is 8. The van der Waals surface area contributed by atoms with E-state index in [2.05, 4.69) is 59.6 Å². The second-order valence-electron chi connectivity index (χ2n) is 6.53. The van der Waals surface area contributed by atoms with Crippen LogP contribution in [0.3, 0.4) is 0 Å². The monoisotopic (exact) mass is 368 g/mol. The highest BCUT2D eigenvalue weighted by Crippen LogP contribution is 2.30. The summed E-state index contributed by atoms with van der Waals surface area (Å²) in [6.07, 6.45) is 3.20. The summed E-state index contributed by atoms with van der Waals surface area (Å²) in [5.74, 6) is 0. The number of aromatic nitrogens is 1. The summed E-state index contributed by atoms with van der Waals surface area (Å²) in [5.41, 5.74) is 8.45. The Balaban J connectivity index is 1.59. The van der Waals surface area contributed by atoms with Crippen LogP contribution in [0.1, 0.15) is 12.0 Å². The lowest BCUT2D eigenvalue weighted by Crippen LogP contribution is -2.47. The Labute approximate surface area is 158 Å². The number of aryl methyl sites for hydroxylation is 1. The molecule has 5 heteroatoms. The number of hydrogen-bond donors (Lipinski definition) is 4. The first-order valence-electron chi connectivity index (χ1n) is 8.63. The van der Waals surface area contributed by atoms with Gasteiger partial charge in [-0.05, 0) is 60.4 Å². The van der Waals surface area contributed by atoms with Gasteiger partial charge in [0.05, 0.1) is 18.8 Å². The smallest absolute Gasteiger partial charge is 0.0633 e. The van der Waals surface area contributed by atoms with E-state index in [1.165, 1.54) is 15.4 Å². The number of aliphatic hydroxyl groups is 2. The number of aliphatic hydroxyl groups excluding tert-OH is 2. The minimum absolute atomic E-state index is 0.212. The quantitative estimate of drug-likeness (QED) is 0.491. The zero-order valence-electron chi connectivity index (χ0n) is 14.6. The fourth-order valence-corrected chi connectivity index (χ4v) is 3.49. The number of benzene rings is 2. The Bertz CT molecular complexity index is 795. The first-order valence-corrected chi connectivity index (χ1v) is 9.45. The summed E-state index contributed by atoms with van der Waals surface area (Å²) >= 11 is 1.72. The van der Waals surface area contributed by atoms with Crippen LogP contribution in [0.5, 0.6) is 0 Å². The molecule has 0 fully saturated rings. The number of aromatic amines is 1. The molecule has 1 heterocycles. The van der Waals surface area contributed by atoms with E-state index < -0.39 is 5.54 Å². The maximum atomic E-state index is 9.26. The van der Waals surface area contributed by atoms with E-state index in [0.29, 0.717) is 6.42 Å². The Morgan fingerprint density at radius 3 is 2.04 bits per heavy atom. The largest absolute Gasteiger partial charge is 0.394 e. The van der Waals surface area contributed by atoms with Crippen molar-refractivity contribution in [3.8, 4) is 11.3 Å². The SMILES string of the molecule is NC(CO)(CO)CCc1ccc(Sc2ccc(-c3ccc[nH]3)cc2)cc1. The first kappa shape index (κ1) is 18.7. The molecule has 3 rings (SSSR count). The minimum atomic E-state index is -0.908. The number of nitrogens with two attached hydrogens (primary N) is 1. The molecule has 0 saturated heterocycles. The standard InChI is InChI=1S/C21H24N2O2S/c22-21(14-24,15-25)12-11-16-3-7-18(8-4-16)26-19-9-5-17(6-10-19)20-2-1-13-23-20/h1-10,13,23-25H,11-12,14-15,22H2. The molecule has 0 aliphatic rings. The van der Waals surface area contributed by atoms with Gasteiger partial charge in [0.2, 0.25) is 0 Å². The van der Waals surface area contributed by atoms with Gasteiger partial charge in [-0.2, -0.15) is 0 Å². The Kier molecular flexibility index (Phi) is 6.16. The molecule has 1 aromatic heterocycles. The molecule has 0 aliphatic carbocycles. The molecule has 0 spiro atoms. The van der Waals surface area contributed by atoms with E-state index in [4.69, 9.17) is 5.73 Å². The van der Waals surface area contributed by atoms with Gasteiger partial charge >= 0.3 is 0 Å². The number of hydrogen-bond acceptors (Lipinski definition) is 4. The molecule has 0 aliphatic heterocycles.